The first kappa shape index (κ1) is 19.6. The Labute approximate surface area is 160 Å². The summed E-state index contributed by atoms with van der Waals surface area (Å²) in [5.41, 5.74) is 4.86. The Hall–Kier alpha value is -2.20. The predicted octanol–water partition coefficient (Wildman–Crippen LogP) is 4.21. The molecule has 0 radical (unpaired) electrons. The van der Waals surface area contributed by atoms with E-state index in [9.17, 15) is 14.3 Å². The lowest BCUT2D eigenvalue weighted by molar-refractivity contribution is -0.124. The molecule has 0 saturated carbocycles. The molecule has 1 aliphatic heterocycles. The topological polar surface area (TPSA) is 40.5 Å². The van der Waals surface area contributed by atoms with Gasteiger partial charge in [0.05, 0.1) is 0 Å². The van der Waals surface area contributed by atoms with Gasteiger partial charge in [0.2, 0.25) is 5.91 Å². The van der Waals surface area contributed by atoms with Crippen LogP contribution in [-0.4, -0.2) is 24.2 Å². The molecule has 1 N–H and O–H groups in total. The van der Waals surface area contributed by atoms with Crippen molar-refractivity contribution in [1.82, 2.24) is 0 Å². The maximum Gasteiger partial charge on any atom is 0.229 e. The molecule has 2 atom stereocenters. The van der Waals surface area contributed by atoms with Gasteiger partial charge >= 0.3 is 0 Å². The van der Waals surface area contributed by atoms with Gasteiger partial charge in [-0.05, 0) is 67.3 Å². The third-order valence-electron chi connectivity index (χ3n) is 5.50. The van der Waals surface area contributed by atoms with Gasteiger partial charge in [-0.15, -0.1) is 0 Å². The van der Waals surface area contributed by atoms with E-state index in [1.165, 1.54) is 6.07 Å². The Morgan fingerprint density at radius 3 is 2.48 bits per heavy atom. The number of aliphatic hydroxyl groups excluding tert-OH is 1. The van der Waals surface area contributed by atoms with Crippen molar-refractivity contribution in [1.29, 1.82) is 0 Å². The highest BCUT2D eigenvalue weighted by molar-refractivity contribution is 5.97. The fourth-order valence-electron chi connectivity index (χ4n) is 4.36. The zero-order chi connectivity index (χ0) is 19.6. The lowest BCUT2D eigenvalue weighted by Crippen LogP contribution is -2.46. The van der Waals surface area contributed by atoms with Crippen molar-refractivity contribution in [2.45, 2.75) is 40.0 Å². The molecule has 0 spiro atoms. The summed E-state index contributed by atoms with van der Waals surface area (Å²) in [6.45, 7) is 6.72. The van der Waals surface area contributed by atoms with E-state index < -0.39 is 0 Å². The second kappa shape index (κ2) is 8.22. The number of piperidine rings is 1. The minimum absolute atomic E-state index is 0.0774. The van der Waals surface area contributed by atoms with Crippen LogP contribution in [0.15, 0.2) is 36.4 Å². The molecule has 1 amide bonds. The van der Waals surface area contributed by atoms with Gasteiger partial charge < -0.3 is 10.0 Å². The highest BCUT2D eigenvalue weighted by Gasteiger charge is 2.34. The van der Waals surface area contributed by atoms with Gasteiger partial charge in [0.1, 0.15) is 5.82 Å². The van der Waals surface area contributed by atoms with Gasteiger partial charge in [-0.25, -0.2) is 4.39 Å². The van der Waals surface area contributed by atoms with Crippen molar-refractivity contribution in [3.63, 3.8) is 0 Å². The first-order chi connectivity index (χ1) is 12.9. The molecule has 2 aromatic carbocycles. The van der Waals surface area contributed by atoms with Gasteiger partial charge in [-0.3, -0.25) is 4.79 Å². The highest BCUT2D eigenvalue weighted by Crippen LogP contribution is 2.34. The van der Waals surface area contributed by atoms with Crippen LogP contribution < -0.4 is 4.90 Å². The number of carbonyl (C=O) groups excluding carboxylic acids is 1. The molecule has 1 fully saturated rings. The molecule has 0 unspecified atom stereocenters. The fourth-order valence-corrected chi connectivity index (χ4v) is 4.36. The molecular formula is C23H28FNO2. The lowest BCUT2D eigenvalue weighted by Gasteiger charge is -2.38. The molecule has 1 saturated heterocycles. The maximum absolute atomic E-state index is 14.1. The average Bonchev–Trinajstić information content (AvgIpc) is 2.60. The van der Waals surface area contributed by atoms with Crippen molar-refractivity contribution in [3.05, 3.63) is 64.5 Å². The Bertz CT molecular complexity index is 810. The van der Waals surface area contributed by atoms with Crippen molar-refractivity contribution < 1.29 is 14.3 Å². The number of carbonyl (C=O) groups is 1. The Morgan fingerprint density at radius 1 is 1.19 bits per heavy atom. The van der Waals surface area contributed by atoms with Crippen LogP contribution in [0.25, 0.3) is 0 Å². The molecule has 0 bridgehead atoms. The summed E-state index contributed by atoms with van der Waals surface area (Å²) in [5, 5.41) is 9.20. The molecule has 27 heavy (non-hydrogen) atoms. The second-order valence-corrected chi connectivity index (χ2v) is 7.80. The summed E-state index contributed by atoms with van der Waals surface area (Å²) in [6.07, 6.45) is 2.04. The monoisotopic (exact) mass is 369 g/mol. The molecule has 3 nitrogen and oxygen atoms in total. The van der Waals surface area contributed by atoms with E-state index in [-0.39, 0.29) is 30.2 Å². The van der Waals surface area contributed by atoms with E-state index in [0.29, 0.717) is 19.4 Å². The number of rotatable bonds is 5. The van der Waals surface area contributed by atoms with Crippen LogP contribution in [0.4, 0.5) is 10.1 Å². The number of amides is 1. The van der Waals surface area contributed by atoms with E-state index in [1.54, 1.807) is 6.07 Å². The number of benzene rings is 2. The summed E-state index contributed by atoms with van der Waals surface area (Å²) in [7, 11) is 0. The van der Waals surface area contributed by atoms with Gasteiger partial charge in [0.15, 0.2) is 0 Å². The van der Waals surface area contributed by atoms with Gasteiger partial charge in [-0.2, -0.15) is 0 Å². The first-order valence-electron chi connectivity index (χ1n) is 9.66. The molecule has 1 heterocycles. The largest absolute Gasteiger partial charge is 0.396 e. The highest BCUT2D eigenvalue weighted by atomic mass is 19.1. The van der Waals surface area contributed by atoms with Gasteiger partial charge in [0.25, 0.3) is 0 Å². The van der Waals surface area contributed by atoms with Crippen LogP contribution in [0.1, 0.15) is 35.6 Å². The Balaban J connectivity index is 1.88. The number of anilines is 1. The number of nitrogens with zero attached hydrogens (tertiary/aromatic N) is 1. The van der Waals surface area contributed by atoms with E-state index in [1.807, 2.05) is 37.8 Å². The average molecular weight is 369 g/mol. The van der Waals surface area contributed by atoms with Crippen LogP contribution >= 0.6 is 0 Å². The van der Waals surface area contributed by atoms with E-state index in [2.05, 4.69) is 12.1 Å². The third kappa shape index (κ3) is 4.22. The molecule has 2 aromatic rings. The van der Waals surface area contributed by atoms with Crippen molar-refractivity contribution in [2.75, 3.05) is 18.1 Å². The van der Waals surface area contributed by atoms with E-state index >= 15 is 0 Å². The molecular weight excluding hydrogens is 341 g/mol. The first-order valence-corrected chi connectivity index (χ1v) is 9.66. The number of aliphatic hydroxyl groups is 1. The second-order valence-electron chi connectivity index (χ2n) is 7.80. The molecule has 0 aliphatic carbocycles. The number of hydrogen-bond donors (Lipinski definition) is 1. The number of halogens is 1. The summed E-state index contributed by atoms with van der Waals surface area (Å²) in [4.78, 5) is 14.8. The maximum atomic E-state index is 14.1. The zero-order valence-corrected chi connectivity index (χ0v) is 16.3. The molecule has 144 valence electrons. The predicted molar refractivity (Wildman–Crippen MR) is 106 cm³/mol. The van der Waals surface area contributed by atoms with Crippen molar-refractivity contribution in [2.24, 2.45) is 11.8 Å². The van der Waals surface area contributed by atoms with Crippen molar-refractivity contribution >= 4 is 11.6 Å². The van der Waals surface area contributed by atoms with Gasteiger partial charge in [-0.1, -0.05) is 37.3 Å². The Kier molecular flexibility index (Phi) is 5.95. The lowest BCUT2D eigenvalue weighted by atomic mass is 9.84. The van der Waals surface area contributed by atoms with E-state index in [4.69, 9.17) is 0 Å². The van der Waals surface area contributed by atoms with Crippen LogP contribution in [0, 0.1) is 31.5 Å². The molecule has 1 aliphatic rings. The quantitative estimate of drug-likeness (QED) is 0.858. The van der Waals surface area contributed by atoms with E-state index in [0.717, 1.165) is 34.4 Å². The minimum Gasteiger partial charge on any atom is -0.396 e. The third-order valence-corrected chi connectivity index (χ3v) is 5.50. The minimum atomic E-state index is -0.172. The molecule has 0 aromatic heterocycles. The summed E-state index contributed by atoms with van der Waals surface area (Å²) < 4.78 is 14.1. The number of hydrogen-bond acceptors (Lipinski definition) is 2. The summed E-state index contributed by atoms with van der Waals surface area (Å²) >= 11 is 0. The molecule has 3 rings (SSSR count). The van der Waals surface area contributed by atoms with Crippen LogP contribution in [0.3, 0.4) is 0 Å². The van der Waals surface area contributed by atoms with Crippen molar-refractivity contribution in [3.8, 4) is 0 Å². The molecule has 4 heteroatoms. The van der Waals surface area contributed by atoms with Gasteiger partial charge in [0, 0.05) is 24.8 Å². The smallest absolute Gasteiger partial charge is 0.229 e. The van der Waals surface area contributed by atoms with Crippen LogP contribution in [-0.2, 0) is 17.6 Å². The van der Waals surface area contributed by atoms with Crippen LogP contribution in [0.2, 0.25) is 0 Å². The van der Waals surface area contributed by atoms with Crippen LogP contribution in [0.5, 0.6) is 0 Å². The zero-order valence-electron chi connectivity index (χ0n) is 16.3. The number of aryl methyl sites for hydroxylation is 2. The summed E-state index contributed by atoms with van der Waals surface area (Å²) in [6, 6.07) is 11.0. The SMILES string of the molecule is Cc1cc(CCO)cc(C)c1N1C[C@@H](Cc2ccccc2F)C[C@@H](C)C1=O. The Morgan fingerprint density at radius 2 is 1.85 bits per heavy atom. The standard InChI is InChI=1S/C23H28FNO2/c1-15-10-18(8-9-26)11-16(2)22(15)25-14-19(12-17(3)23(25)27)13-20-6-4-5-7-21(20)24/h4-7,10-11,17,19,26H,8-9,12-14H2,1-3H3/t17-,19-/m1/s1. The summed E-state index contributed by atoms with van der Waals surface area (Å²) in [5.74, 6) is 0.118. The normalized spacial score (nSPS) is 20.2. The fraction of sp³-hybridized carbons (Fsp3) is 0.435.